The molecule has 12 rings (SSSR count). The lowest BCUT2D eigenvalue weighted by atomic mass is 9.81. The molecule has 0 amide bonds. The molecule has 0 nitrogen and oxygen atoms in total. The highest BCUT2D eigenvalue weighted by atomic mass is 14.3. The van der Waals surface area contributed by atoms with Gasteiger partial charge in [0.2, 0.25) is 0 Å². The van der Waals surface area contributed by atoms with E-state index in [1.165, 1.54) is 98.0 Å². The van der Waals surface area contributed by atoms with E-state index < -0.39 is 0 Å². The summed E-state index contributed by atoms with van der Waals surface area (Å²) in [6, 6.07) is 71.7. The lowest BCUT2D eigenvalue weighted by molar-refractivity contribution is 0.590. The minimum Gasteiger partial charge on any atom is -0.0616 e. The van der Waals surface area contributed by atoms with Crippen LogP contribution in [0.25, 0.3) is 97.7 Å². The summed E-state index contributed by atoms with van der Waals surface area (Å²) in [5.41, 5.74) is 11.5. The van der Waals surface area contributed by atoms with Crippen molar-refractivity contribution in [1.29, 1.82) is 0 Å². The topological polar surface area (TPSA) is 0 Å². The van der Waals surface area contributed by atoms with Crippen molar-refractivity contribution in [2.45, 2.75) is 52.4 Å². The lowest BCUT2D eigenvalue weighted by Crippen LogP contribution is -2.10. The van der Waals surface area contributed by atoms with Gasteiger partial charge in [-0.05, 0) is 168 Å². The van der Waals surface area contributed by atoms with Gasteiger partial charge < -0.3 is 0 Å². The second kappa shape index (κ2) is 15.7. The van der Waals surface area contributed by atoms with Crippen LogP contribution in [0.5, 0.6) is 0 Å². The lowest BCUT2D eigenvalue weighted by Gasteiger charge is -2.21. The van der Waals surface area contributed by atoms with Crippen molar-refractivity contribution in [3.8, 4) is 45.9 Å². The molecule has 0 unspecified atom stereocenters. The summed E-state index contributed by atoms with van der Waals surface area (Å²) in [5, 5.41) is 16.9. The quantitative estimate of drug-likeness (QED) is 0.0923. The fraction of sp³-hybridized carbons (Fsp3) is 0.118. The highest BCUT2D eigenvalue weighted by molar-refractivity contribution is 6.32. The Hall–Kier alpha value is -8.16. The van der Waals surface area contributed by atoms with E-state index in [0.717, 1.165) is 33.0 Å². The average Bonchev–Trinajstić information content (AvgIpc) is 3.35. The molecule has 0 heteroatoms. The summed E-state index contributed by atoms with van der Waals surface area (Å²) in [7, 11) is 0. The van der Waals surface area contributed by atoms with Crippen molar-refractivity contribution in [2.24, 2.45) is 0 Å². The Bertz CT molecular complexity index is 3740. The van der Waals surface area contributed by atoms with Crippen molar-refractivity contribution in [3.63, 3.8) is 0 Å². The van der Waals surface area contributed by atoms with Gasteiger partial charge in [-0.1, -0.05) is 211 Å². The molecule has 12 aromatic carbocycles. The van der Waals surface area contributed by atoms with E-state index >= 15 is 0 Å². The summed E-state index contributed by atoms with van der Waals surface area (Å²) in [6.07, 6.45) is 0. The predicted octanol–water partition coefficient (Wildman–Crippen LogP) is 17.9. The molecule has 0 heterocycles. The molecule has 0 aromatic heterocycles. The van der Waals surface area contributed by atoms with Crippen LogP contribution in [0.15, 0.2) is 194 Å². The van der Waals surface area contributed by atoms with Gasteiger partial charge >= 0.3 is 0 Å². The first-order chi connectivity index (χ1) is 33.0. The van der Waals surface area contributed by atoms with E-state index in [9.17, 15) is 0 Å². The monoisotopic (exact) mass is 866 g/mol. The highest BCUT2D eigenvalue weighted by Gasteiger charge is 2.23. The van der Waals surface area contributed by atoms with Crippen LogP contribution in [-0.2, 0) is 10.8 Å². The Morgan fingerprint density at radius 1 is 0.279 bits per heavy atom. The predicted molar refractivity (Wildman–Crippen MR) is 293 cm³/mol. The van der Waals surface area contributed by atoms with E-state index in [0.29, 0.717) is 0 Å². The second-order valence-electron chi connectivity index (χ2n) is 20.6. The zero-order valence-corrected chi connectivity index (χ0v) is 39.5. The van der Waals surface area contributed by atoms with Gasteiger partial charge in [-0.2, -0.15) is 0 Å². The minimum absolute atomic E-state index is 0.0610. The van der Waals surface area contributed by atoms with Gasteiger partial charge in [0, 0.05) is 22.3 Å². The molecule has 0 saturated heterocycles. The van der Waals surface area contributed by atoms with Gasteiger partial charge in [0.15, 0.2) is 0 Å². The Kier molecular flexibility index (Phi) is 9.55. The van der Waals surface area contributed by atoms with Crippen LogP contribution in [0.2, 0.25) is 0 Å². The van der Waals surface area contributed by atoms with Crippen molar-refractivity contribution in [1.82, 2.24) is 0 Å². The van der Waals surface area contributed by atoms with Gasteiger partial charge in [0.25, 0.3) is 0 Å². The summed E-state index contributed by atoms with van der Waals surface area (Å²) >= 11 is 0. The SMILES string of the molecule is CC(C)(C)c1ccc(C#Cc2cc(-c3c4ccccc4cc4ccccc34)c3ccc4c(-c5c6ccccc6cc6ccccc56)cc(C#Cc5ccc(C(C)(C)C)cc5)c5ccc2c3c54)cc1. The molecule has 0 aliphatic rings. The molecule has 0 fully saturated rings. The molecule has 0 spiro atoms. The van der Waals surface area contributed by atoms with Gasteiger partial charge in [0.1, 0.15) is 0 Å². The molecule has 68 heavy (non-hydrogen) atoms. The smallest absolute Gasteiger partial charge is 0.0334 e. The average molecular weight is 867 g/mol. The molecule has 0 bridgehead atoms. The fourth-order valence-electron chi connectivity index (χ4n) is 10.6. The van der Waals surface area contributed by atoms with Crippen LogP contribution in [-0.4, -0.2) is 0 Å². The number of hydrogen-bond donors (Lipinski definition) is 0. The molecule has 322 valence electrons. The van der Waals surface area contributed by atoms with Gasteiger partial charge in [-0.25, -0.2) is 0 Å². The molecule has 0 radical (unpaired) electrons. The fourth-order valence-corrected chi connectivity index (χ4v) is 10.6. The van der Waals surface area contributed by atoms with E-state index in [1.54, 1.807) is 0 Å². The van der Waals surface area contributed by atoms with Gasteiger partial charge in [-0.3, -0.25) is 0 Å². The molecule has 0 atom stereocenters. The Morgan fingerprint density at radius 3 is 0.912 bits per heavy atom. The highest BCUT2D eigenvalue weighted by Crippen LogP contribution is 2.49. The molecule has 0 N–H and O–H groups in total. The van der Waals surface area contributed by atoms with Crippen LogP contribution >= 0.6 is 0 Å². The number of hydrogen-bond acceptors (Lipinski definition) is 0. The van der Waals surface area contributed by atoms with E-state index in [-0.39, 0.29) is 10.8 Å². The number of benzene rings is 12. The maximum Gasteiger partial charge on any atom is 0.0334 e. The first-order valence-electron chi connectivity index (χ1n) is 23.8. The molecular formula is C68H50. The minimum atomic E-state index is 0.0610. The summed E-state index contributed by atoms with van der Waals surface area (Å²) in [5.74, 6) is 14.8. The third-order valence-corrected chi connectivity index (χ3v) is 14.2. The van der Waals surface area contributed by atoms with Crippen molar-refractivity contribution in [2.75, 3.05) is 0 Å². The molecule has 0 saturated carbocycles. The second-order valence-corrected chi connectivity index (χ2v) is 20.6. The van der Waals surface area contributed by atoms with Crippen molar-refractivity contribution < 1.29 is 0 Å². The summed E-state index contributed by atoms with van der Waals surface area (Å²) < 4.78 is 0. The third-order valence-electron chi connectivity index (χ3n) is 14.2. The summed E-state index contributed by atoms with van der Waals surface area (Å²) in [4.78, 5) is 0. The van der Waals surface area contributed by atoms with Gasteiger partial charge in [-0.15, -0.1) is 0 Å². The first-order valence-corrected chi connectivity index (χ1v) is 23.8. The number of rotatable bonds is 2. The Labute approximate surface area is 399 Å². The van der Waals surface area contributed by atoms with Crippen LogP contribution in [0, 0.1) is 23.7 Å². The van der Waals surface area contributed by atoms with Crippen molar-refractivity contribution >= 4 is 75.4 Å². The van der Waals surface area contributed by atoms with Crippen LogP contribution in [0.4, 0.5) is 0 Å². The van der Waals surface area contributed by atoms with Gasteiger partial charge in [0.05, 0.1) is 0 Å². The van der Waals surface area contributed by atoms with E-state index in [4.69, 9.17) is 0 Å². The number of fused-ring (bicyclic) bond motifs is 4. The summed E-state index contributed by atoms with van der Waals surface area (Å²) in [6.45, 7) is 13.5. The zero-order valence-electron chi connectivity index (χ0n) is 39.5. The van der Waals surface area contributed by atoms with E-state index in [1.807, 2.05) is 0 Å². The Morgan fingerprint density at radius 2 is 0.588 bits per heavy atom. The Balaban J connectivity index is 1.22. The van der Waals surface area contributed by atoms with E-state index in [2.05, 4.69) is 259 Å². The van der Waals surface area contributed by atoms with Crippen molar-refractivity contribution in [3.05, 3.63) is 228 Å². The maximum atomic E-state index is 3.77. The standard InChI is InChI=1S/C68H50/c1-67(2,3)51-31-25-43(26-32-51)23-29-49-41-61(63-53-19-11-7-15-45(53)39-46-16-8-12-20-54(46)63)59-37-38-60-62(64-55-21-13-9-17-47(55)40-48-18-10-14-22-56(48)64)42-50(58-36-35-57(49)65(59)66(58)60)30-24-44-27-33-52(34-28-44)68(4,5)6/h7-22,25-28,31-42H,1-6H3. The van der Waals surface area contributed by atoms with Crippen LogP contribution in [0.1, 0.15) is 74.9 Å². The zero-order chi connectivity index (χ0) is 46.3. The molecule has 12 aromatic rings. The normalized spacial score (nSPS) is 12.0. The molecular weight excluding hydrogens is 817 g/mol. The maximum absolute atomic E-state index is 3.77. The molecule has 0 aliphatic heterocycles. The van der Waals surface area contributed by atoms with Crippen LogP contribution in [0.3, 0.4) is 0 Å². The third kappa shape index (κ3) is 6.96. The van der Waals surface area contributed by atoms with Crippen LogP contribution < -0.4 is 0 Å². The first kappa shape index (κ1) is 41.3. The largest absolute Gasteiger partial charge is 0.0616 e. The molecule has 0 aliphatic carbocycles.